The van der Waals surface area contributed by atoms with Gasteiger partial charge in [0.15, 0.2) is 0 Å². The third kappa shape index (κ3) is 3.01. The Balaban J connectivity index is 1.85. The van der Waals surface area contributed by atoms with Gasteiger partial charge in [-0.05, 0) is 5.75 Å². The SMILES string of the molecule is CCSCCNCC1CNc2c1nc[nH]c2=O. The van der Waals surface area contributed by atoms with Crippen molar-refractivity contribution in [1.29, 1.82) is 0 Å². The Morgan fingerprint density at radius 2 is 2.53 bits per heavy atom. The van der Waals surface area contributed by atoms with E-state index in [1.54, 1.807) is 0 Å². The summed E-state index contributed by atoms with van der Waals surface area (Å²) < 4.78 is 0. The van der Waals surface area contributed by atoms with Crippen LogP contribution in [0.5, 0.6) is 0 Å². The van der Waals surface area contributed by atoms with Gasteiger partial charge >= 0.3 is 0 Å². The second kappa shape index (κ2) is 6.07. The molecule has 0 saturated carbocycles. The van der Waals surface area contributed by atoms with Gasteiger partial charge in [0.2, 0.25) is 0 Å². The van der Waals surface area contributed by atoms with Crippen LogP contribution in [0, 0.1) is 0 Å². The van der Waals surface area contributed by atoms with Gasteiger partial charge in [-0.2, -0.15) is 11.8 Å². The first kappa shape index (κ1) is 12.4. The number of nitrogens with zero attached hydrogens (tertiary/aromatic N) is 1. The Labute approximate surface area is 105 Å². The fourth-order valence-electron chi connectivity index (χ4n) is 1.95. The quantitative estimate of drug-likeness (QED) is 0.649. The summed E-state index contributed by atoms with van der Waals surface area (Å²) in [5.74, 6) is 2.59. The third-order valence-electron chi connectivity index (χ3n) is 2.81. The lowest BCUT2D eigenvalue weighted by Crippen LogP contribution is -2.25. The van der Waals surface area contributed by atoms with Crippen molar-refractivity contribution in [2.24, 2.45) is 0 Å². The van der Waals surface area contributed by atoms with E-state index in [0.717, 1.165) is 36.8 Å². The number of nitrogens with one attached hydrogen (secondary N) is 3. The van der Waals surface area contributed by atoms with Gasteiger partial charge in [0.1, 0.15) is 5.69 Å². The fourth-order valence-corrected chi connectivity index (χ4v) is 2.53. The highest BCUT2D eigenvalue weighted by molar-refractivity contribution is 7.99. The largest absolute Gasteiger partial charge is 0.378 e. The lowest BCUT2D eigenvalue weighted by Gasteiger charge is -2.10. The van der Waals surface area contributed by atoms with Crippen molar-refractivity contribution in [3.8, 4) is 0 Å². The standard InChI is InChI=1S/C11H18N4OS/c1-2-17-4-3-12-5-8-6-13-10-9(8)14-7-15-11(10)16/h7-8,12-13H,2-6H2,1H3,(H,14,15,16). The number of aromatic nitrogens is 2. The predicted octanol–water partition coefficient (Wildman–Crippen LogP) is 0.622. The highest BCUT2D eigenvalue weighted by atomic mass is 32.2. The molecule has 6 heteroatoms. The van der Waals surface area contributed by atoms with E-state index in [4.69, 9.17) is 0 Å². The molecule has 2 heterocycles. The summed E-state index contributed by atoms with van der Waals surface area (Å²) in [6.45, 7) is 4.84. The van der Waals surface area contributed by atoms with Gasteiger partial charge in [0.25, 0.3) is 5.56 Å². The van der Waals surface area contributed by atoms with Crippen LogP contribution in [0.15, 0.2) is 11.1 Å². The normalized spacial score (nSPS) is 17.8. The summed E-state index contributed by atoms with van der Waals surface area (Å²) in [5.41, 5.74) is 1.46. The van der Waals surface area contributed by atoms with Crippen molar-refractivity contribution in [2.45, 2.75) is 12.8 Å². The highest BCUT2D eigenvalue weighted by Gasteiger charge is 2.25. The lowest BCUT2D eigenvalue weighted by atomic mass is 10.1. The Hall–Kier alpha value is -1.01. The van der Waals surface area contributed by atoms with E-state index in [9.17, 15) is 4.79 Å². The Morgan fingerprint density at radius 3 is 3.35 bits per heavy atom. The number of hydrogen-bond donors (Lipinski definition) is 3. The topological polar surface area (TPSA) is 69.8 Å². The Morgan fingerprint density at radius 1 is 1.65 bits per heavy atom. The van der Waals surface area contributed by atoms with Crippen LogP contribution in [0.3, 0.4) is 0 Å². The predicted molar refractivity (Wildman–Crippen MR) is 72.0 cm³/mol. The summed E-state index contributed by atoms with van der Waals surface area (Å²) in [6, 6.07) is 0. The molecule has 0 saturated heterocycles. The highest BCUT2D eigenvalue weighted by Crippen LogP contribution is 2.24. The van der Waals surface area contributed by atoms with Crippen molar-refractivity contribution in [3.63, 3.8) is 0 Å². The molecule has 3 N–H and O–H groups in total. The van der Waals surface area contributed by atoms with E-state index < -0.39 is 0 Å². The van der Waals surface area contributed by atoms with Gasteiger partial charge < -0.3 is 15.6 Å². The smallest absolute Gasteiger partial charge is 0.274 e. The average molecular weight is 254 g/mol. The molecule has 0 aromatic carbocycles. The van der Waals surface area contributed by atoms with E-state index in [0.29, 0.717) is 11.6 Å². The molecule has 1 aromatic heterocycles. The molecule has 1 unspecified atom stereocenters. The fraction of sp³-hybridized carbons (Fsp3) is 0.636. The number of thioether (sulfide) groups is 1. The number of fused-ring (bicyclic) bond motifs is 1. The zero-order valence-corrected chi connectivity index (χ0v) is 10.8. The van der Waals surface area contributed by atoms with Crippen LogP contribution in [0.4, 0.5) is 5.69 Å². The molecule has 2 rings (SSSR count). The maximum Gasteiger partial charge on any atom is 0.274 e. The van der Waals surface area contributed by atoms with Gasteiger partial charge in [-0.15, -0.1) is 0 Å². The molecule has 5 nitrogen and oxygen atoms in total. The molecule has 94 valence electrons. The molecule has 0 aliphatic carbocycles. The van der Waals surface area contributed by atoms with Crippen LogP contribution < -0.4 is 16.2 Å². The monoisotopic (exact) mass is 254 g/mol. The molecule has 1 aliphatic rings. The number of rotatable bonds is 6. The van der Waals surface area contributed by atoms with Crippen molar-refractivity contribution < 1.29 is 0 Å². The summed E-state index contributed by atoms with van der Waals surface area (Å²) >= 11 is 1.93. The first-order valence-corrected chi connectivity index (χ1v) is 7.08. The minimum absolute atomic E-state index is 0.0703. The van der Waals surface area contributed by atoms with Crippen molar-refractivity contribution >= 4 is 17.4 Å². The first-order chi connectivity index (χ1) is 8.33. The molecule has 0 fully saturated rings. The summed E-state index contributed by atoms with van der Waals surface area (Å²) in [5, 5.41) is 6.53. The van der Waals surface area contributed by atoms with E-state index in [-0.39, 0.29) is 5.56 Å². The van der Waals surface area contributed by atoms with E-state index >= 15 is 0 Å². The Bertz CT molecular complexity index is 420. The average Bonchev–Trinajstić information content (AvgIpc) is 2.74. The van der Waals surface area contributed by atoms with Gasteiger partial charge in [-0.1, -0.05) is 6.92 Å². The first-order valence-electron chi connectivity index (χ1n) is 5.92. The summed E-state index contributed by atoms with van der Waals surface area (Å²) in [6.07, 6.45) is 1.48. The molecular weight excluding hydrogens is 236 g/mol. The Kier molecular flexibility index (Phi) is 4.44. The van der Waals surface area contributed by atoms with Crippen molar-refractivity contribution in [3.05, 3.63) is 22.4 Å². The minimum Gasteiger partial charge on any atom is -0.378 e. The second-order valence-corrected chi connectivity index (χ2v) is 5.36. The van der Waals surface area contributed by atoms with Crippen LogP contribution in [-0.4, -0.2) is 41.1 Å². The van der Waals surface area contributed by atoms with Gasteiger partial charge in [-0.25, -0.2) is 4.98 Å². The maximum atomic E-state index is 11.5. The van der Waals surface area contributed by atoms with Crippen molar-refractivity contribution in [2.75, 3.05) is 36.5 Å². The second-order valence-electron chi connectivity index (χ2n) is 3.97. The van der Waals surface area contributed by atoms with E-state index in [1.165, 1.54) is 6.33 Å². The maximum absolute atomic E-state index is 11.5. The van der Waals surface area contributed by atoms with Crippen LogP contribution in [0.25, 0.3) is 0 Å². The van der Waals surface area contributed by atoms with E-state index in [2.05, 4.69) is 27.5 Å². The van der Waals surface area contributed by atoms with E-state index in [1.807, 2.05) is 11.8 Å². The summed E-state index contributed by atoms with van der Waals surface area (Å²) in [7, 11) is 0. The lowest BCUT2D eigenvalue weighted by molar-refractivity contribution is 0.624. The molecule has 1 aromatic rings. The number of hydrogen-bond acceptors (Lipinski definition) is 5. The number of aromatic amines is 1. The number of H-pyrrole nitrogens is 1. The molecule has 0 spiro atoms. The molecule has 0 radical (unpaired) electrons. The van der Waals surface area contributed by atoms with Crippen LogP contribution in [-0.2, 0) is 0 Å². The minimum atomic E-state index is -0.0703. The molecule has 1 atom stereocenters. The molecule has 17 heavy (non-hydrogen) atoms. The van der Waals surface area contributed by atoms with Gasteiger partial charge in [-0.3, -0.25) is 4.79 Å². The van der Waals surface area contributed by atoms with Crippen LogP contribution in [0.1, 0.15) is 18.5 Å². The zero-order chi connectivity index (χ0) is 12.1. The summed E-state index contributed by atoms with van der Waals surface area (Å²) in [4.78, 5) is 18.3. The van der Waals surface area contributed by atoms with Crippen LogP contribution in [0.2, 0.25) is 0 Å². The molecule has 0 amide bonds. The van der Waals surface area contributed by atoms with Crippen molar-refractivity contribution in [1.82, 2.24) is 15.3 Å². The third-order valence-corrected chi connectivity index (χ3v) is 3.71. The number of anilines is 1. The van der Waals surface area contributed by atoms with Crippen LogP contribution >= 0.6 is 11.8 Å². The molecular formula is C11H18N4OS. The van der Waals surface area contributed by atoms with Gasteiger partial charge in [0.05, 0.1) is 12.0 Å². The molecule has 0 bridgehead atoms. The molecule has 1 aliphatic heterocycles. The zero-order valence-electron chi connectivity index (χ0n) is 9.95. The van der Waals surface area contributed by atoms with Gasteiger partial charge in [0, 0.05) is 31.3 Å².